The van der Waals surface area contributed by atoms with Crippen molar-refractivity contribution >= 4 is 45.8 Å². The molecule has 0 aliphatic rings. The number of alkyl halides is 1. The first-order chi connectivity index (χ1) is 5.52. The van der Waals surface area contributed by atoms with E-state index in [1.54, 1.807) is 6.07 Å². The van der Waals surface area contributed by atoms with Crippen molar-refractivity contribution in [1.29, 1.82) is 0 Å². The standard InChI is InChI=1S/C8H6Cl2FI/c1-4(12)6-2-5(9)3-7(10)8(6)11/h2-4H,1H3/t4-/m1/s1. The van der Waals surface area contributed by atoms with Gasteiger partial charge in [0.25, 0.3) is 0 Å². The molecule has 1 aromatic carbocycles. The first kappa shape index (κ1) is 10.5. The fraction of sp³-hybridized carbons (Fsp3) is 0.250. The maximum absolute atomic E-state index is 13.2. The Bertz CT molecular complexity index is 299. The van der Waals surface area contributed by atoms with Crippen molar-refractivity contribution in [2.45, 2.75) is 10.8 Å². The van der Waals surface area contributed by atoms with Crippen LogP contribution in [0.5, 0.6) is 0 Å². The van der Waals surface area contributed by atoms with Crippen LogP contribution in [0.1, 0.15) is 16.4 Å². The summed E-state index contributed by atoms with van der Waals surface area (Å²) in [5.41, 5.74) is 0.549. The van der Waals surface area contributed by atoms with Crippen LogP contribution in [-0.2, 0) is 0 Å². The fourth-order valence-electron chi connectivity index (χ4n) is 0.865. The van der Waals surface area contributed by atoms with Gasteiger partial charge in [-0.1, -0.05) is 45.8 Å². The molecule has 0 saturated heterocycles. The monoisotopic (exact) mass is 318 g/mol. The molecule has 0 heterocycles. The predicted octanol–water partition coefficient (Wildman–Crippen LogP) is 4.63. The largest absolute Gasteiger partial charge is 0.205 e. The third-order valence-corrected chi connectivity index (χ3v) is 2.61. The van der Waals surface area contributed by atoms with Gasteiger partial charge in [0, 0.05) is 14.5 Å². The van der Waals surface area contributed by atoms with Crippen molar-refractivity contribution in [3.05, 3.63) is 33.6 Å². The second-order valence-electron chi connectivity index (χ2n) is 2.41. The first-order valence-electron chi connectivity index (χ1n) is 3.31. The number of rotatable bonds is 1. The molecule has 0 spiro atoms. The molecule has 0 N–H and O–H groups in total. The van der Waals surface area contributed by atoms with E-state index < -0.39 is 0 Å². The minimum atomic E-state index is -0.372. The Kier molecular flexibility index (Phi) is 3.61. The molecule has 0 aliphatic carbocycles. The summed E-state index contributed by atoms with van der Waals surface area (Å²) in [6.07, 6.45) is 0. The Labute approximate surface area is 94.2 Å². The Morgan fingerprint density at radius 3 is 2.50 bits per heavy atom. The lowest BCUT2D eigenvalue weighted by Crippen LogP contribution is -1.91. The number of hydrogen-bond acceptors (Lipinski definition) is 0. The lowest BCUT2D eigenvalue weighted by atomic mass is 10.1. The molecule has 0 saturated carbocycles. The molecule has 0 unspecified atom stereocenters. The molecule has 0 nitrogen and oxygen atoms in total. The molecule has 0 amide bonds. The van der Waals surface area contributed by atoms with Crippen molar-refractivity contribution in [1.82, 2.24) is 0 Å². The van der Waals surface area contributed by atoms with Crippen LogP contribution in [-0.4, -0.2) is 0 Å². The van der Waals surface area contributed by atoms with E-state index in [1.807, 2.05) is 6.92 Å². The maximum Gasteiger partial charge on any atom is 0.146 e. The normalized spacial score (nSPS) is 13.1. The molecule has 12 heavy (non-hydrogen) atoms. The van der Waals surface area contributed by atoms with E-state index in [0.717, 1.165) is 0 Å². The van der Waals surface area contributed by atoms with E-state index in [-0.39, 0.29) is 14.8 Å². The molecular weight excluding hydrogens is 313 g/mol. The Morgan fingerprint density at radius 1 is 1.42 bits per heavy atom. The van der Waals surface area contributed by atoms with Crippen molar-refractivity contribution in [2.75, 3.05) is 0 Å². The minimum absolute atomic E-state index is 0.0683. The van der Waals surface area contributed by atoms with Crippen LogP contribution in [0, 0.1) is 5.82 Å². The highest BCUT2D eigenvalue weighted by Gasteiger charge is 2.12. The van der Waals surface area contributed by atoms with Crippen LogP contribution in [0.25, 0.3) is 0 Å². The summed E-state index contributed by atoms with van der Waals surface area (Å²) < 4.78 is 13.3. The molecule has 1 atom stereocenters. The lowest BCUT2D eigenvalue weighted by molar-refractivity contribution is 0.613. The number of benzene rings is 1. The topological polar surface area (TPSA) is 0 Å². The van der Waals surface area contributed by atoms with Gasteiger partial charge in [0.1, 0.15) is 5.82 Å². The van der Waals surface area contributed by atoms with Crippen LogP contribution >= 0.6 is 45.8 Å². The van der Waals surface area contributed by atoms with Crippen LogP contribution in [0.4, 0.5) is 4.39 Å². The van der Waals surface area contributed by atoms with Gasteiger partial charge in [0.2, 0.25) is 0 Å². The summed E-state index contributed by atoms with van der Waals surface area (Å²) >= 11 is 13.4. The zero-order valence-corrected chi connectivity index (χ0v) is 9.91. The zero-order valence-electron chi connectivity index (χ0n) is 6.24. The van der Waals surface area contributed by atoms with Gasteiger partial charge in [0.05, 0.1) is 5.02 Å². The van der Waals surface area contributed by atoms with Gasteiger partial charge in [-0.3, -0.25) is 0 Å². The minimum Gasteiger partial charge on any atom is -0.205 e. The van der Waals surface area contributed by atoms with Crippen molar-refractivity contribution < 1.29 is 4.39 Å². The molecular formula is C8H6Cl2FI. The summed E-state index contributed by atoms with van der Waals surface area (Å²) in [6.45, 7) is 1.88. The van der Waals surface area contributed by atoms with Crippen molar-refractivity contribution in [3.8, 4) is 0 Å². The third kappa shape index (κ3) is 2.24. The highest BCUT2D eigenvalue weighted by atomic mass is 127. The Hall–Kier alpha value is 0.460. The highest BCUT2D eigenvalue weighted by molar-refractivity contribution is 14.1. The first-order valence-corrected chi connectivity index (χ1v) is 5.31. The molecule has 0 fully saturated rings. The highest BCUT2D eigenvalue weighted by Crippen LogP contribution is 2.31. The molecule has 0 aromatic heterocycles. The summed E-state index contributed by atoms with van der Waals surface area (Å²) in [5.74, 6) is -0.372. The van der Waals surface area contributed by atoms with Gasteiger partial charge in [-0.15, -0.1) is 0 Å². The zero-order chi connectivity index (χ0) is 9.30. The van der Waals surface area contributed by atoms with E-state index in [2.05, 4.69) is 22.6 Å². The van der Waals surface area contributed by atoms with E-state index in [9.17, 15) is 4.39 Å². The van der Waals surface area contributed by atoms with Crippen LogP contribution < -0.4 is 0 Å². The van der Waals surface area contributed by atoms with Crippen molar-refractivity contribution in [3.63, 3.8) is 0 Å². The van der Waals surface area contributed by atoms with Crippen LogP contribution in [0.15, 0.2) is 12.1 Å². The van der Waals surface area contributed by atoms with E-state index >= 15 is 0 Å². The van der Waals surface area contributed by atoms with Gasteiger partial charge >= 0.3 is 0 Å². The van der Waals surface area contributed by atoms with E-state index in [4.69, 9.17) is 23.2 Å². The molecule has 1 rings (SSSR count). The van der Waals surface area contributed by atoms with E-state index in [1.165, 1.54) is 6.07 Å². The van der Waals surface area contributed by atoms with Crippen molar-refractivity contribution in [2.24, 2.45) is 0 Å². The second-order valence-corrected chi connectivity index (χ2v) is 5.12. The number of halogens is 4. The quantitative estimate of drug-likeness (QED) is 0.402. The molecule has 0 bridgehead atoms. The summed E-state index contributed by atoms with van der Waals surface area (Å²) in [7, 11) is 0. The third-order valence-electron chi connectivity index (χ3n) is 1.45. The Balaban J connectivity index is 3.28. The molecule has 0 aliphatic heterocycles. The SMILES string of the molecule is C[C@@H](I)c1cc(Cl)cc(Cl)c1F. The smallest absolute Gasteiger partial charge is 0.146 e. The molecule has 66 valence electrons. The van der Waals surface area contributed by atoms with Crippen LogP contribution in [0.3, 0.4) is 0 Å². The van der Waals surface area contributed by atoms with E-state index in [0.29, 0.717) is 10.6 Å². The molecule has 0 radical (unpaired) electrons. The fourth-order valence-corrected chi connectivity index (χ4v) is 1.83. The molecule has 1 aromatic rings. The average Bonchev–Trinajstić information content (AvgIpc) is 1.96. The summed E-state index contributed by atoms with van der Waals surface area (Å²) in [6, 6.07) is 3.00. The summed E-state index contributed by atoms with van der Waals surface area (Å²) in [5, 5.41) is 0.556. The molecule has 4 heteroatoms. The lowest BCUT2D eigenvalue weighted by Gasteiger charge is -2.07. The average molecular weight is 319 g/mol. The maximum atomic E-state index is 13.2. The van der Waals surface area contributed by atoms with Gasteiger partial charge in [-0.05, 0) is 19.1 Å². The second kappa shape index (κ2) is 4.11. The van der Waals surface area contributed by atoms with Gasteiger partial charge in [-0.2, -0.15) is 0 Å². The summed E-state index contributed by atoms with van der Waals surface area (Å²) in [4.78, 5) is 0. The number of hydrogen-bond donors (Lipinski definition) is 0. The van der Waals surface area contributed by atoms with Crippen LogP contribution in [0.2, 0.25) is 10.0 Å². The van der Waals surface area contributed by atoms with Gasteiger partial charge in [0.15, 0.2) is 0 Å². The Morgan fingerprint density at radius 2 is 2.00 bits per heavy atom. The predicted molar refractivity (Wildman–Crippen MR) is 58.9 cm³/mol. The van der Waals surface area contributed by atoms with Gasteiger partial charge in [-0.25, -0.2) is 4.39 Å². The van der Waals surface area contributed by atoms with Gasteiger partial charge < -0.3 is 0 Å².